The van der Waals surface area contributed by atoms with E-state index in [4.69, 9.17) is 5.11 Å². The van der Waals surface area contributed by atoms with Crippen LogP contribution in [-0.2, 0) is 5.41 Å². The fourth-order valence-corrected chi connectivity index (χ4v) is 1.83. The van der Waals surface area contributed by atoms with Crippen LogP contribution in [0.1, 0.15) is 42.3 Å². The number of carbonyl (C=O) groups is 1. The molecule has 0 spiro atoms. The Kier molecular flexibility index (Phi) is 3.24. The van der Waals surface area contributed by atoms with Crippen molar-refractivity contribution in [1.82, 2.24) is 0 Å². The van der Waals surface area contributed by atoms with Crippen LogP contribution in [0.2, 0.25) is 0 Å². The Morgan fingerprint density at radius 3 is 2.25 bits per heavy atom. The number of phenols is 1. The van der Waals surface area contributed by atoms with Gasteiger partial charge in [-0.3, -0.25) is 0 Å². The third-order valence-electron chi connectivity index (χ3n) is 2.55. The number of hydrogen-bond donors (Lipinski definition) is 3. The van der Waals surface area contributed by atoms with E-state index in [1.807, 2.05) is 20.8 Å². The average Bonchev–Trinajstić information content (AvgIpc) is 2.09. The first-order valence-electron chi connectivity index (χ1n) is 4.95. The van der Waals surface area contributed by atoms with Crippen molar-refractivity contribution >= 4 is 18.6 Å². The summed E-state index contributed by atoms with van der Waals surface area (Å²) in [5, 5.41) is 19.1. The summed E-state index contributed by atoms with van der Waals surface area (Å²) in [5.41, 5.74) is 0.707. The molecule has 0 amide bonds. The quantitative estimate of drug-likeness (QED) is 0.661. The molecule has 0 aromatic heterocycles. The molecular weight excluding hydrogens is 224 g/mol. The van der Waals surface area contributed by atoms with E-state index in [-0.39, 0.29) is 16.7 Å². The lowest BCUT2D eigenvalue weighted by atomic mass is 9.84. The third kappa shape index (κ3) is 2.16. The van der Waals surface area contributed by atoms with E-state index in [1.54, 1.807) is 13.0 Å². The summed E-state index contributed by atoms with van der Waals surface area (Å²) in [6.45, 7) is 7.38. The number of aromatic carboxylic acids is 1. The Labute approximate surface area is 101 Å². The standard InChI is InChI=1S/C12H16O3S/c1-6-8(16)5-7(12(2,3)4)10(13)9(6)11(14)15/h5,13,16H,1-4H3,(H,14,15). The predicted molar refractivity (Wildman–Crippen MR) is 65.8 cm³/mol. The van der Waals surface area contributed by atoms with Gasteiger partial charge in [-0.1, -0.05) is 20.8 Å². The van der Waals surface area contributed by atoms with Gasteiger partial charge in [-0.25, -0.2) is 4.79 Å². The molecule has 0 unspecified atom stereocenters. The van der Waals surface area contributed by atoms with Crippen LogP contribution in [0.5, 0.6) is 5.75 Å². The molecule has 88 valence electrons. The van der Waals surface area contributed by atoms with Gasteiger partial charge in [0.2, 0.25) is 0 Å². The first kappa shape index (κ1) is 12.9. The molecular formula is C12H16O3S. The van der Waals surface area contributed by atoms with Crippen LogP contribution in [0.3, 0.4) is 0 Å². The molecule has 3 nitrogen and oxygen atoms in total. The van der Waals surface area contributed by atoms with Crippen molar-refractivity contribution in [3.8, 4) is 5.75 Å². The summed E-state index contributed by atoms with van der Waals surface area (Å²) in [6, 6.07) is 1.72. The molecule has 0 aliphatic carbocycles. The van der Waals surface area contributed by atoms with E-state index in [9.17, 15) is 9.90 Å². The highest BCUT2D eigenvalue weighted by molar-refractivity contribution is 7.80. The summed E-state index contributed by atoms with van der Waals surface area (Å²) in [7, 11) is 0. The SMILES string of the molecule is Cc1c(S)cc(C(C)(C)C)c(O)c1C(=O)O. The van der Waals surface area contributed by atoms with E-state index in [2.05, 4.69) is 12.6 Å². The third-order valence-corrected chi connectivity index (χ3v) is 3.02. The van der Waals surface area contributed by atoms with Crippen molar-refractivity contribution in [2.75, 3.05) is 0 Å². The molecule has 0 radical (unpaired) electrons. The Morgan fingerprint density at radius 1 is 1.38 bits per heavy atom. The van der Waals surface area contributed by atoms with Gasteiger partial charge >= 0.3 is 5.97 Å². The topological polar surface area (TPSA) is 57.5 Å². The Balaban J connectivity index is 3.64. The first-order valence-corrected chi connectivity index (χ1v) is 5.40. The van der Waals surface area contributed by atoms with Crippen LogP contribution in [0.4, 0.5) is 0 Å². The lowest BCUT2D eigenvalue weighted by Crippen LogP contribution is -2.14. The zero-order chi connectivity index (χ0) is 12.7. The summed E-state index contributed by atoms with van der Waals surface area (Å²) in [4.78, 5) is 11.7. The average molecular weight is 240 g/mol. The van der Waals surface area contributed by atoms with Gasteiger partial charge in [-0.05, 0) is 24.0 Å². The number of benzene rings is 1. The van der Waals surface area contributed by atoms with Crippen molar-refractivity contribution < 1.29 is 15.0 Å². The van der Waals surface area contributed by atoms with Crippen LogP contribution >= 0.6 is 12.6 Å². The van der Waals surface area contributed by atoms with Gasteiger partial charge in [-0.2, -0.15) is 0 Å². The van der Waals surface area contributed by atoms with Gasteiger partial charge in [0.25, 0.3) is 0 Å². The van der Waals surface area contributed by atoms with Crippen LogP contribution in [0, 0.1) is 6.92 Å². The van der Waals surface area contributed by atoms with Gasteiger partial charge in [0, 0.05) is 10.5 Å². The molecule has 0 aliphatic rings. The van der Waals surface area contributed by atoms with Crippen LogP contribution in [0.25, 0.3) is 0 Å². The number of rotatable bonds is 1. The fraction of sp³-hybridized carbons (Fsp3) is 0.417. The number of aromatic hydroxyl groups is 1. The second kappa shape index (κ2) is 4.01. The maximum atomic E-state index is 11.1. The fourth-order valence-electron chi connectivity index (χ4n) is 1.59. The van der Waals surface area contributed by atoms with Crippen molar-refractivity contribution in [3.05, 3.63) is 22.8 Å². The van der Waals surface area contributed by atoms with Crippen molar-refractivity contribution in [3.63, 3.8) is 0 Å². The summed E-state index contributed by atoms with van der Waals surface area (Å²) < 4.78 is 0. The van der Waals surface area contributed by atoms with Gasteiger partial charge in [-0.15, -0.1) is 12.6 Å². The van der Waals surface area contributed by atoms with Gasteiger partial charge in [0.05, 0.1) is 0 Å². The first-order chi connectivity index (χ1) is 7.16. The zero-order valence-electron chi connectivity index (χ0n) is 9.83. The summed E-state index contributed by atoms with van der Waals surface area (Å²) >= 11 is 4.24. The second-order valence-electron chi connectivity index (χ2n) is 4.85. The van der Waals surface area contributed by atoms with E-state index in [0.717, 1.165) is 0 Å². The molecule has 2 N–H and O–H groups in total. The molecule has 0 saturated heterocycles. The number of hydrogen-bond acceptors (Lipinski definition) is 3. The smallest absolute Gasteiger partial charge is 0.339 e. The minimum Gasteiger partial charge on any atom is -0.507 e. The minimum atomic E-state index is -1.13. The molecule has 4 heteroatoms. The number of carboxylic acid groups (broad SMARTS) is 1. The van der Waals surface area contributed by atoms with E-state index >= 15 is 0 Å². The molecule has 0 atom stereocenters. The largest absolute Gasteiger partial charge is 0.507 e. The molecule has 16 heavy (non-hydrogen) atoms. The monoisotopic (exact) mass is 240 g/mol. The van der Waals surface area contributed by atoms with Crippen LogP contribution in [0.15, 0.2) is 11.0 Å². The lowest BCUT2D eigenvalue weighted by Gasteiger charge is -2.23. The number of thiol groups is 1. The molecule has 0 aliphatic heterocycles. The second-order valence-corrected chi connectivity index (χ2v) is 5.33. The van der Waals surface area contributed by atoms with Gasteiger partial charge < -0.3 is 10.2 Å². The summed E-state index contributed by atoms with van der Waals surface area (Å²) in [5.74, 6) is -1.29. The molecule has 1 aromatic rings. The summed E-state index contributed by atoms with van der Waals surface area (Å²) in [6.07, 6.45) is 0. The van der Waals surface area contributed by atoms with E-state index in [1.165, 1.54) is 0 Å². The molecule has 0 fully saturated rings. The molecule has 0 saturated carbocycles. The van der Waals surface area contributed by atoms with Crippen molar-refractivity contribution in [2.45, 2.75) is 38.0 Å². The van der Waals surface area contributed by atoms with Crippen LogP contribution < -0.4 is 0 Å². The normalized spacial score (nSPS) is 11.6. The zero-order valence-corrected chi connectivity index (χ0v) is 10.7. The Bertz CT molecular complexity index is 445. The molecule has 0 heterocycles. The predicted octanol–water partition coefficient (Wildman–Crippen LogP) is 2.99. The van der Waals surface area contributed by atoms with Crippen molar-refractivity contribution in [1.29, 1.82) is 0 Å². The van der Waals surface area contributed by atoms with E-state index < -0.39 is 5.97 Å². The number of carboxylic acids is 1. The Morgan fingerprint density at radius 2 is 1.88 bits per heavy atom. The highest BCUT2D eigenvalue weighted by Gasteiger charge is 2.25. The molecule has 0 bridgehead atoms. The van der Waals surface area contributed by atoms with Crippen LogP contribution in [-0.4, -0.2) is 16.2 Å². The van der Waals surface area contributed by atoms with Gasteiger partial charge in [0.15, 0.2) is 0 Å². The van der Waals surface area contributed by atoms with Crippen molar-refractivity contribution in [2.24, 2.45) is 0 Å². The highest BCUT2D eigenvalue weighted by atomic mass is 32.1. The molecule has 1 rings (SSSR count). The minimum absolute atomic E-state index is 0.0579. The lowest BCUT2D eigenvalue weighted by molar-refractivity contribution is 0.0692. The highest BCUT2D eigenvalue weighted by Crippen LogP contribution is 2.37. The Hall–Kier alpha value is -1.16. The maximum Gasteiger partial charge on any atom is 0.339 e. The van der Waals surface area contributed by atoms with Gasteiger partial charge in [0.1, 0.15) is 11.3 Å². The molecule has 1 aromatic carbocycles. The maximum absolute atomic E-state index is 11.1. The van der Waals surface area contributed by atoms with E-state index in [0.29, 0.717) is 16.0 Å².